The zero-order valence-electron chi connectivity index (χ0n) is 16.2. The van der Waals surface area contributed by atoms with E-state index in [0.717, 1.165) is 0 Å². The summed E-state index contributed by atoms with van der Waals surface area (Å²) in [4.78, 5) is 30.5. The smallest absolute Gasteiger partial charge is 0.335 e. The number of halogens is 2. The Morgan fingerprint density at radius 2 is 1.93 bits per heavy atom. The molecule has 1 saturated heterocycles. The van der Waals surface area contributed by atoms with E-state index >= 15 is 0 Å². The molecular weight excluding hydrogens is 447 g/mol. The molecular formula is C21H18Cl2N2O4S. The summed E-state index contributed by atoms with van der Waals surface area (Å²) in [6, 6.07) is 9.61. The molecule has 0 spiro atoms. The summed E-state index contributed by atoms with van der Waals surface area (Å²) in [5.74, 6) is -0.828. The predicted molar refractivity (Wildman–Crippen MR) is 121 cm³/mol. The summed E-state index contributed by atoms with van der Waals surface area (Å²) in [5, 5.41) is 10.3. The number of thioether (sulfide) groups is 1. The fourth-order valence-corrected chi connectivity index (χ4v) is 4.46. The lowest BCUT2D eigenvalue weighted by Crippen LogP contribution is -2.28. The van der Waals surface area contributed by atoms with E-state index in [1.54, 1.807) is 30.3 Å². The molecule has 9 heteroatoms. The Kier molecular flexibility index (Phi) is 7.07. The van der Waals surface area contributed by atoms with Gasteiger partial charge in [0.1, 0.15) is 0 Å². The van der Waals surface area contributed by atoms with Crippen molar-refractivity contribution in [2.45, 2.75) is 13.8 Å². The molecule has 1 fully saturated rings. The Morgan fingerprint density at radius 1 is 1.23 bits per heavy atom. The zero-order chi connectivity index (χ0) is 21.8. The number of benzene rings is 2. The van der Waals surface area contributed by atoms with Gasteiger partial charge >= 0.3 is 5.97 Å². The Hall–Kier alpha value is -2.48. The van der Waals surface area contributed by atoms with Crippen LogP contribution in [0.25, 0.3) is 6.08 Å². The molecule has 0 radical (unpaired) electrons. The van der Waals surface area contributed by atoms with E-state index in [9.17, 15) is 9.59 Å². The standard InChI is InChI=1S/C21H18Cl2N2O4S/c1-3-25-19(26)17(10-12-8-15(22)18(29-4-2)16(23)9-12)30-21(25)24-14-7-5-6-13(11-14)20(27)28/h5-11H,3-4H2,1-2H3,(H,27,28)/b17-10-,24-21?. The number of carboxylic acids is 1. The first-order valence-electron chi connectivity index (χ1n) is 9.09. The molecule has 1 aliphatic heterocycles. The van der Waals surface area contributed by atoms with Crippen molar-refractivity contribution in [3.8, 4) is 5.75 Å². The number of ether oxygens (including phenoxy) is 1. The second kappa shape index (κ2) is 9.55. The minimum absolute atomic E-state index is 0.128. The number of amidine groups is 1. The zero-order valence-corrected chi connectivity index (χ0v) is 18.5. The van der Waals surface area contributed by atoms with Crippen molar-refractivity contribution in [1.82, 2.24) is 4.90 Å². The van der Waals surface area contributed by atoms with Gasteiger partial charge in [0, 0.05) is 6.54 Å². The topological polar surface area (TPSA) is 79.2 Å². The molecule has 0 unspecified atom stereocenters. The number of hydrogen-bond donors (Lipinski definition) is 1. The van der Waals surface area contributed by atoms with Crippen LogP contribution in [0.3, 0.4) is 0 Å². The molecule has 156 valence electrons. The van der Waals surface area contributed by atoms with Gasteiger partial charge in [0.2, 0.25) is 0 Å². The summed E-state index contributed by atoms with van der Waals surface area (Å²) in [6.45, 7) is 4.53. The maximum absolute atomic E-state index is 12.8. The van der Waals surface area contributed by atoms with Gasteiger partial charge in [0.15, 0.2) is 10.9 Å². The second-order valence-corrected chi connectivity index (χ2v) is 7.98. The Bertz CT molecular complexity index is 1050. The lowest BCUT2D eigenvalue weighted by Gasteiger charge is -2.12. The van der Waals surface area contributed by atoms with Crippen LogP contribution in [0.4, 0.5) is 5.69 Å². The summed E-state index contributed by atoms with van der Waals surface area (Å²) in [7, 11) is 0. The first-order chi connectivity index (χ1) is 14.3. The molecule has 2 aromatic carbocycles. The number of hydrogen-bond acceptors (Lipinski definition) is 5. The molecule has 3 rings (SSSR count). The van der Waals surface area contributed by atoms with Gasteiger partial charge in [-0.1, -0.05) is 29.3 Å². The summed E-state index contributed by atoms with van der Waals surface area (Å²) < 4.78 is 5.43. The van der Waals surface area contributed by atoms with Crippen molar-refractivity contribution in [3.63, 3.8) is 0 Å². The number of aliphatic imine (C=N–C) groups is 1. The molecule has 0 bridgehead atoms. The lowest BCUT2D eigenvalue weighted by molar-refractivity contribution is -0.122. The highest BCUT2D eigenvalue weighted by Crippen LogP contribution is 2.38. The molecule has 1 N–H and O–H groups in total. The molecule has 6 nitrogen and oxygen atoms in total. The Balaban J connectivity index is 1.94. The van der Waals surface area contributed by atoms with Crippen LogP contribution < -0.4 is 4.74 Å². The van der Waals surface area contributed by atoms with Gasteiger partial charge in [-0.25, -0.2) is 9.79 Å². The maximum Gasteiger partial charge on any atom is 0.335 e. The van der Waals surface area contributed by atoms with Crippen LogP contribution in [-0.2, 0) is 4.79 Å². The van der Waals surface area contributed by atoms with Gasteiger partial charge in [0.25, 0.3) is 5.91 Å². The third-order valence-corrected chi connectivity index (χ3v) is 5.70. The third kappa shape index (κ3) is 4.80. The van der Waals surface area contributed by atoms with E-state index in [0.29, 0.717) is 50.3 Å². The number of rotatable bonds is 6. The third-order valence-electron chi connectivity index (χ3n) is 4.13. The monoisotopic (exact) mass is 464 g/mol. The van der Waals surface area contributed by atoms with E-state index in [2.05, 4.69) is 4.99 Å². The lowest BCUT2D eigenvalue weighted by atomic mass is 10.2. The maximum atomic E-state index is 12.8. The number of likely N-dealkylation sites (N-methyl/N-ethyl adjacent to an activating group) is 1. The van der Waals surface area contributed by atoms with E-state index in [1.165, 1.54) is 28.8 Å². The Morgan fingerprint density at radius 3 is 2.53 bits per heavy atom. The summed E-state index contributed by atoms with van der Waals surface area (Å²) in [5.41, 5.74) is 1.25. The van der Waals surface area contributed by atoms with Crippen molar-refractivity contribution in [2.75, 3.05) is 13.2 Å². The van der Waals surface area contributed by atoms with Gasteiger partial charge in [-0.15, -0.1) is 0 Å². The summed E-state index contributed by atoms with van der Waals surface area (Å²) >= 11 is 13.7. The van der Waals surface area contributed by atoms with Crippen molar-refractivity contribution >= 4 is 63.8 Å². The van der Waals surface area contributed by atoms with Crippen LogP contribution in [0.1, 0.15) is 29.8 Å². The van der Waals surface area contributed by atoms with Crippen molar-refractivity contribution < 1.29 is 19.4 Å². The molecule has 1 aliphatic rings. The van der Waals surface area contributed by atoms with Gasteiger partial charge in [0.05, 0.1) is 32.8 Å². The number of carbonyl (C=O) groups excluding carboxylic acids is 1. The average molecular weight is 465 g/mol. The Labute approximate surface area is 188 Å². The minimum Gasteiger partial charge on any atom is -0.491 e. The van der Waals surface area contributed by atoms with Crippen molar-refractivity contribution in [2.24, 2.45) is 4.99 Å². The van der Waals surface area contributed by atoms with Crippen LogP contribution in [-0.4, -0.2) is 40.2 Å². The highest BCUT2D eigenvalue weighted by Gasteiger charge is 2.32. The van der Waals surface area contributed by atoms with Gasteiger partial charge < -0.3 is 9.84 Å². The van der Waals surface area contributed by atoms with Crippen LogP contribution in [0.5, 0.6) is 5.75 Å². The van der Waals surface area contributed by atoms with Gasteiger partial charge in [-0.3, -0.25) is 9.69 Å². The molecule has 0 aromatic heterocycles. The van der Waals surface area contributed by atoms with Crippen LogP contribution in [0.15, 0.2) is 46.3 Å². The second-order valence-electron chi connectivity index (χ2n) is 6.16. The number of aromatic carboxylic acids is 1. The first-order valence-corrected chi connectivity index (χ1v) is 10.7. The molecule has 1 amide bonds. The number of carbonyl (C=O) groups is 2. The predicted octanol–water partition coefficient (Wildman–Crippen LogP) is 5.71. The molecule has 1 heterocycles. The molecule has 0 aliphatic carbocycles. The molecule has 30 heavy (non-hydrogen) atoms. The number of nitrogens with zero attached hydrogens (tertiary/aromatic N) is 2. The summed E-state index contributed by atoms with van der Waals surface area (Å²) in [6.07, 6.45) is 1.69. The highest BCUT2D eigenvalue weighted by molar-refractivity contribution is 8.18. The van der Waals surface area contributed by atoms with E-state index < -0.39 is 5.97 Å². The quantitative estimate of drug-likeness (QED) is 0.553. The largest absolute Gasteiger partial charge is 0.491 e. The number of amides is 1. The highest BCUT2D eigenvalue weighted by atomic mass is 35.5. The van der Waals surface area contributed by atoms with Crippen LogP contribution in [0, 0.1) is 0 Å². The van der Waals surface area contributed by atoms with Crippen LogP contribution >= 0.6 is 35.0 Å². The van der Waals surface area contributed by atoms with Crippen LogP contribution in [0.2, 0.25) is 10.0 Å². The normalized spacial score (nSPS) is 16.5. The van der Waals surface area contributed by atoms with E-state index in [4.69, 9.17) is 33.0 Å². The van der Waals surface area contributed by atoms with Crippen molar-refractivity contribution in [3.05, 3.63) is 62.5 Å². The van der Waals surface area contributed by atoms with E-state index in [1.807, 2.05) is 13.8 Å². The number of carboxylic acid groups (broad SMARTS) is 1. The van der Waals surface area contributed by atoms with Gasteiger partial charge in [-0.05, 0) is 67.6 Å². The fraction of sp³-hybridized carbons (Fsp3) is 0.190. The fourth-order valence-electron chi connectivity index (χ4n) is 2.79. The minimum atomic E-state index is -1.04. The molecule has 0 atom stereocenters. The van der Waals surface area contributed by atoms with E-state index in [-0.39, 0.29) is 11.5 Å². The first kappa shape index (κ1) is 22.2. The SMILES string of the molecule is CCOc1c(Cl)cc(/C=C2\SC(=Nc3cccc(C(=O)O)c3)N(CC)C2=O)cc1Cl. The van der Waals surface area contributed by atoms with Gasteiger partial charge in [-0.2, -0.15) is 0 Å². The molecule has 0 saturated carbocycles. The average Bonchev–Trinajstić information content (AvgIpc) is 2.99. The molecule has 2 aromatic rings. The van der Waals surface area contributed by atoms with Crippen molar-refractivity contribution in [1.29, 1.82) is 0 Å².